The fraction of sp³-hybridized carbons (Fsp3) is 0.276. The molecule has 1 aliphatic rings. The highest BCUT2D eigenvalue weighted by molar-refractivity contribution is 5.87. The zero-order chi connectivity index (χ0) is 21.3. The number of aryl methyl sites for hydroxylation is 2. The van der Waals surface area contributed by atoms with Gasteiger partial charge in [-0.15, -0.1) is 0 Å². The van der Waals surface area contributed by atoms with Crippen LogP contribution in [0.1, 0.15) is 54.7 Å². The van der Waals surface area contributed by atoms with Crippen molar-refractivity contribution in [3.05, 3.63) is 95.9 Å². The molecule has 1 aliphatic carbocycles. The standard InChI is InChI=1S/C29H29N3/c1-3-7-21(8-4-1)11-12-22-13-16-29-28(17-22)31-20-32(29)24-14-15-27-25(18-24)26(19-30-27)23-9-5-2-6-10-23/h1,3-4,7-8,13-20,23,30H,2,5-6,9-12H2. The van der Waals surface area contributed by atoms with Crippen LogP contribution in [-0.4, -0.2) is 14.5 Å². The summed E-state index contributed by atoms with van der Waals surface area (Å²) in [5.41, 5.74) is 8.88. The highest BCUT2D eigenvalue weighted by Crippen LogP contribution is 2.37. The van der Waals surface area contributed by atoms with Crippen molar-refractivity contribution in [2.75, 3.05) is 0 Å². The van der Waals surface area contributed by atoms with Crippen molar-refractivity contribution in [3.8, 4) is 5.69 Å². The van der Waals surface area contributed by atoms with Gasteiger partial charge in [0.25, 0.3) is 0 Å². The largest absolute Gasteiger partial charge is 0.361 e. The molecule has 2 heterocycles. The summed E-state index contributed by atoms with van der Waals surface area (Å²) in [6, 6.07) is 24.2. The van der Waals surface area contributed by atoms with Gasteiger partial charge in [0.2, 0.25) is 0 Å². The summed E-state index contributed by atoms with van der Waals surface area (Å²) in [4.78, 5) is 8.25. The van der Waals surface area contributed by atoms with Crippen LogP contribution < -0.4 is 0 Å². The molecule has 160 valence electrons. The second kappa shape index (κ2) is 8.31. The summed E-state index contributed by atoms with van der Waals surface area (Å²) < 4.78 is 2.23. The van der Waals surface area contributed by atoms with E-state index < -0.39 is 0 Å². The second-order valence-corrected chi connectivity index (χ2v) is 9.23. The van der Waals surface area contributed by atoms with Gasteiger partial charge in [-0.25, -0.2) is 4.98 Å². The minimum absolute atomic E-state index is 0.694. The molecule has 6 rings (SSSR count). The van der Waals surface area contributed by atoms with Crippen LogP contribution in [0, 0.1) is 0 Å². The van der Waals surface area contributed by atoms with Crippen molar-refractivity contribution in [1.29, 1.82) is 0 Å². The molecule has 3 heteroatoms. The summed E-state index contributed by atoms with van der Waals surface area (Å²) in [6.07, 6.45) is 13.0. The Balaban J connectivity index is 1.30. The number of aromatic amines is 1. The molecule has 0 unspecified atom stereocenters. The molecule has 0 amide bonds. The number of hydrogen-bond donors (Lipinski definition) is 1. The van der Waals surface area contributed by atoms with Crippen LogP contribution >= 0.6 is 0 Å². The predicted octanol–water partition coefficient (Wildman–Crippen LogP) is 7.34. The SMILES string of the molecule is c1ccc(CCc2ccc3c(c2)ncn3-c2ccc3[nH]cc(C4CCCCC4)c3c2)cc1. The van der Waals surface area contributed by atoms with Gasteiger partial charge in [0.05, 0.1) is 11.0 Å². The molecule has 1 fully saturated rings. The van der Waals surface area contributed by atoms with Gasteiger partial charge in [0, 0.05) is 22.8 Å². The molecular weight excluding hydrogens is 390 g/mol. The van der Waals surface area contributed by atoms with Crippen LogP contribution in [0.5, 0.6) is 0 Å². The van der Waals surface area contributed by atoms with E-state index in [-0.39, 0.29) is 0 Å². The van der Waals surface area contributed by atoms with E-state index in [1.54, 1.807) is 0 Å². The van der Waals surface area contributed by atoms with E-state index in [4.69, 9.17) is 4.98 Å². The number of fused-ring (bicyclic) bond motifs is 2. The van der Waals surface area contributed by atoms with E-state index >= 15 is 0 Å². The highest BCUT2D eigenvalue weighted by atomic mass is 15.0. The monoisotopic (exact) mass is 419 g/mol. The van der Waals surface area contributed by atoms with E-state index in [0.717, 1.165) is 18.4 Å². The fourth-order valence-corrected chi connectivity index (χ4v) is 5.38. The van der Waals surface area contributed by atoms with Crippen molar-refractivity contribution >= 4 is 21.9 Å². The summed E-state index contributed by atoms with van der Waals surface area (Å²) in [5, 5.41) is 1.37. The third-order valence-corrected chi connectivity index (χ3v) is 7.18. The Morgan fingerprint density at radius 1 is 0.844 bits per heavy atom. The van der Waals surface area contributed by atoms with Crippen molar-refractivity contribution in [2.24, 2.45) is 0 Å². The summed E-state index contributed by atoms with van der Waals surface area (Å²) in [7, 11) is 0. The van der Waals surface area contributed by atoms with Crippen LogP contribution in [0.15, 0.2) is 79.3 Å². The van der Waals surface area contributed by atoms with Crippen molar-refractivity contribution in [3.63, 3.8) is 0 Å². The molecule has 3 aromatic carbocycles. The number of nitrogens with zero attached hydrogens (tertiary/aromatic N) is 2. The van der Waals surface area contributed by atoms with E-state index in [9.17, 15) is 0 Å². The lowest BCUT2D eigenvalue weighted by atomic mass is 9.84. The second-order valence-electron chi connectivity index (χ2n) is 9.23. The Hall–Kier alpha value is -3.33. The molecule has 0 atom stereocenters. The number of hydrogen-bond acceptors (Lipinski definition) is 1. The van der Waals surface area contributed by atoms with Crippen LogP contribution in [0.4, 0.5) is 0 Å². The summed E-state index contributed by atoms with van der Waals surface area (Å²) in [5.74, 6) is 0.694. The first-order chi connectivity index (χ1) is 15.8. The molecule has 2 aromatic heterocycles. The lowest BCUT2D eigenvalue weighted by Gasteiger charge is -2.21. The molecule has 0 aliphatic heterocycles. The van der Waals surface area contributed by atoms with Crippen LogP contribution in [0.2, 0.25) is 0 Å². The third kappa shape index (κ3) is 3.62. The van der Waals surface area contributed by atoms with Gasteiger partial charge >= 0.3 is 0 Å². The highest BCUT2D eigenvalue weighted by Gasteiger charge is 2.19. The molecule has 0 radical (unpaired) electrons. The average Bonchev–Trinajstić information content (AvgIpc) is 3.47. The summed E-state index contributed by atoms with van der Waals surface area (Å²) >= 11 is 0. The van der Waals surface area contributed by atoms with Gasteiger partial charge in [-0.05, 0) is 78.6 Å². The molecule has 32 heavy (non-hydrogen) atoms. The zero-order valence-corrected chi connectivity index (χ0v) is 18.4. The number of imidazole rings is 1. The maximum absolute atomic E-state index is 4.75. The Morgan fingerprint density at radius 2 is 1.69 bits per heavy atom. The molecule has 3 nitrogen and oxygen atoms in total. The maximum Gasteiger partial charge on any atom is 0.100 e. The van der Waals surface area contributed by atoms with E-state index in [2.05, 4.69) is 82.5 Å². The van der Waals surface area contributed by atoms with Crippen molar-refractivity contribution in [1.82, 2.24) is 14.5 Å². The zero-order valence-electron chi connectivity index (χ0n) is 18.4. The third-order valence-electron chi connectivity index (χ3n) is 7.18. The van der Waals surface area contributed by atoms with Crippen molar-refractivity contribution < 1.29 is 0 Å². The average molecular weight is 420 g/mol. The molecule has 0 saturated heterocycles. The molecule has 5 aromatic rings. The van der Waals surface area contributed by atoms with Crippen molar-refractivity contribution in [2.45, 2.75) is 50.9 Å². The van der Waals surface area contributed by atoms with Gasteiger partial charge in [-0.3, -0.25) is 4.57 Å². The molecular formula is C29H29N3. The normalized spacial score (nSPS) is 15.0. The molecule has 0 spiro atoms. The first-order valence-electron chi connectivity index (χ1n) is 12.0. The fourth-order valence-electron chi connectivity index (χ4n) is 5.38. The van der Waals surface area contributed by atoms with Gasteiger partial charge < -0.3 is 4.98 Å². The van der Waals surface area contributed by atoms with Crippen LogP contribution in [-0.2, 0) is 12.8 Å². The maximum atomic E-state index is 4.75. The molecule has 0 bridgehead atoms. The van der Waals surface area contributed by atoms with Gasteiger partial charge in [-0.2, -0.15) is 0 Å². The van der Waals surface area contributed by atoms with E-state index in [0.29, 0.717) is 5.92 Å². The number of rotatable bonds is 5. The lowest BCUT2D eigenvalue weighted by Crippen LogP contribution is -2.03. The van der Waals surface area contributed by atoms with Gasteiger partial charge in [0.15, 0.2) is 0 Å². The number of nitrogens with one attached hydrogen (secondary N) is 1. The topological polar surface area (TPSA) is 33.6 Å². The molecule has 1 N–H and O–H groups in total. The smallest absolute Gasteiger partial charge is 0.100 e. The Labute approximate surface area is 189 Å². The van der Waals surface area contributed by atoms with Crippen LogP contribution in [0.25, 0.3) is 27.6 Å². The van der Waals surface area contributed by atoms with Crippen LogP contribution in [0.3, 0.4) is 0 Å². The quantitative estimate of drug-likeness (QED) is 0.318. The Bertz CT molecular complexity index is 1350. The Kier molecular flexibility index (Phi) is 5.03. The first kappa shape index (κ1) is 19.4. The number of H-pyrrole nitrogens is 1. The minimum Gasteiger partial charge on any atom is -0.361 e. The van der Waals surface area contributed by atoms with Gasteiger partial charge in [-0.1, -0.05) is 55.7 Å². The number of benzene rings is 3. The minimum atomic E-state index is 0.694. The van der Waals surface area contributed by atoms with E-state index in [1.165, 1.54) is 70.9 Å². The molecule has 1 saturated carbocycles. The number of aromatic nitrogens is 3. The van der Waals surface area contributed by atoms with E-state index in [1.807, 2.05) is 6.33 Å². The predicted molar refractivity (Wildman–Crippen MR) is 133 cm³/mol. The summed E-state index contributed by atoms with van der Waals surface area (Å²) in [6.45, 7) is 0. The lowest BCUT2D eigenvalue weighted by molar-refractivity contribution is 0.445. The Morgan fingerprint density at radius 3 is 2.56 bits per heavy atom. The van der Waals surface area contributed by atoms with Gasteiger partial charge in [0.1, 0.15) is 6.33 Å². The first-order valence-corrected chi connectivity index (χ1v) is 12.0.